The van der Waals surface area contributed by atoms with Crippen molar-refractivity contribution in [2.75, 3.05) is 23.9 Å². The van der Waals surface area contributed by atoms with Gasteiger partial charge in [-0.2, -0.15) is 31.4 Å². The Kier molecular flexibility index (Phi) is 5.11. The third-order valence-electron chi connectivity index (χ3n) is 5.21. The number of alkyl halides is 6. The number of hydrogen-bond donors (Lipinski definition) is 1. The molecule has 0 spiro atoms. The number of methoxy groups -OCH3 is 1. The summed E-state index contributed by atoms with van der Waals surface area (Å²) in [5.74, 6) is -0.221. The van der Waals surface area contributed by atoms with E-state index in [1.807, 2.05) is 0 Å². The van der Waals surface area contributed by atoms with E-state index in [0.717, 1.165) is 35.8 Å². The van der Waals surface area contributed by atoms with Crippen LogP contribution in [0.1, 0.15) is 18.3 Å². The number of fused-ring (bicyclic) bond motifs is 3. The normalized spacial score (nSPS) is 18.5. The highest BCUT2D eigenvalue weighted by Gasteiger charge is 2.60. The van der Waals surface area contributed by atoms with Gasteiger partial charge < -0.3 is 10.1 Å². The summed E-state index contributed by atoms with van der Waals surface area (Å²) < 4.78 is 87.3. The lowest BCUT2D eigenvalue weighted by Gasteiger charge is -2.28. The molecule has 0 aliphatic carbocycles. The fourth-order valence-corrected chi connectivity index (χ4v) is 3.71. The van der Waals surface area contributed by atoms with Crippen LogP contribution in [0.4, 0.5) is 42.5 Å². The van der Waals surface area contributed by atoms with Crippen LogP contribution in [0.2, 0.25) is 5.15 Å². The topological polar surface area (TPSA) is 84.6 Å². The molecule has 15 heteroatoms. The van der Waals surface area contributed by atoms with Gasteiger partial charge in [0.2, 0.25) is 0 Å². The quantitative estimate of drug-likeness (QED) is 0.523. The molecule has 0 aromatic carbocycles. The Morgan fingerprint density at radius 1 is 1.18 bits per heavy atom. The SMILES string of the molecule is COc1cnc(C(F)(F)F)cc1NC(=O)N1C[C@@](C)(C(F)(F)F)c2c1cnc1cc(Cl)nn21. The number of rotatable bonds is 2. The molecular formula is C18H13ClF6N6O2. The molecule has 0 radical (unpaired) electrons. The van der Waals surface area contributed by atoms with Gasteiger partial charge in [0.25, 0.3) is 0 Å². The first-order valence-electron chi connectivity index (χ1n) is 9.07. The predicted molar refractivity (Wildman–Crippen MR) is 104 cm³/mol. The molecule has 1 aliphatic heterocycles. The van der Waals surface area contributed by atoms with Crippen LogP contribution in [-0.2, 0) is 11.6 Å². The van der Waals surface area contributed by atoms with Crippen molar-refractivity contribution >= 4 is 34.7 Å². The molecule has 0 fully saturated rings. The van der Waals surface area contributed by atoms with Crippen LogP contribution in [0.5, 0.6) is 5.75 Å². The van der Waals surface area contributed by atoms with Crippen molar-refractivity contribution in [2.45, 2.75) is 24.7 Å². The fraction of sp³-hybridized carbons (Fsp3) is 0.333. The van der Waals surface area contributed by atoms with Crippen molar-refractivity contribution in [3.8, 4) is 5.75 Å². The maximum Gasteiger partial charge on any atom is 0.433 e. The van der Waals surface area contributed by atoms with Crippen LogP contribution in [-0.4, -0.2) is 45.4 Å². The maximum atomic E-state index is 14.1. The van der Waals surface area contributed by atoms with Crippen LogP contribution in [0, 0.1) is 0 Å². The molecule has 4 heterocycles. The van der Waals surface area contributed by atoms with Gasteiger partial charge in [0.15, 0.2) is 16.5 Å². The minimum absolute atomic E-state index is 0.0297. The zero-order valence-corrected chi connectivity index (χ0v) is 17.5. The van der Waals surface area contributed by atoms with Gasteiger partial charge in [0.1, 0.15) is 11.1 Å². The van der Waals surface area contributed by atoms with Crippen molar-refractivity contribution in [3.63, 3.8) is 0 Å². The zero-order valence-electron chi connectivity index (χ0n) is 16.7. The number of anilines is 2. The second-order valence-electron chi connectivity index (χ2n) is 7.34. The standard InChI is InChI=1S/C18H13ClF6N6O2/c1-16(18(23,24)25)7-30(9-5-27-13-4-12(19)29-31(13)14(9)16)15(32)28-8-3-11(17(20,21)22)26-6-10(8)33-2/h3-6H,7H2,1-2H3,(H,26,28,32)/t16-/m1/s1. The number of ether oxygens (including phenoxy) is 1. The lowest BCUT2D eigenvalue weighted by Crippen LogP contribution is -2.46. The average molecular weight is 495 g/mol. The molecule has 4 rings (SSSR count). The molecule has 33 heavy (non-hydrogen) atoms. The highest BCUT2D eigenvalue weighted by atomic mass is 35.5. The minimum Gasteiger partial charge on any atom is -0.493 e. The number of amides is 2. The van der Waals surface area contributed by atoms with Crippen molar-refractivity contribution in [1.29, 1.82) is 0 Å². The lowest BCUT2D eigenvalue weighted by atomic mass is 9.88. The van der Waals surface area contributed by atoms with Crippen molar-refractivity contribution in [1.82, 2.24) is 19.6 Å². The van der Waals surface area contributed by atoms with Crippen LogP contribution in [0.15, 0.2) is 24.5 Å². The first-order valence-corrected chi connectivity index (χ1v) is 9.45. The fourth-order valence-electron chi connectivity index (χ4n) is 3.53. The molecule has 3 aromatic rings. The predicted octanol–water partition coefficient (Wildman–Crippen LogP) is 4.68. The number of nitrogens with zero attached hydrogens (tertiary/aromatic N) is 5. The molecule has 0 saturated heterocycles. The summed E-state index contributed by atoms with van der Waals surface area (Å²) in [5, 5.41) is 5.91. The van der Waals surface area contributed by atoms with Crippen molar-refractivity contribution in [3.05, 3.63) is 41.1 Å². The van der Waals surface area contributed by atoms with Gasteiger partial charge in [-0.25, -0.2) is 19.3 Å². The number of nitrogens with one attached hydrogen (secondary N) is 1. The Hall–Kier alpha value is -3.29. The molecule has 0 unspecified atom stereocenters. The Morgan fingerprint density at radius 2 is 1.88 bits per heavy atom. The van der Waals surface area contributed by atoms with E-state index < -0.39 is 41.7 Å². The van der Waals surface area contributed by atoms with E-state index in [2.05, 4.69) is 20.4 Å². The molecule has 176 valence electrons. The summed E-state index contributed by atoms with van der Waals surface area (Å²) in [5.41, 5.74) is -4.92. The summed E-state index contributed by atoms with van der Waals surface area (Å²) >= 11 is 5.83. The van der Waals surface area contributed by atoms with Gasteiger partial charge in [-0.3, -0.25) is 4.90 Å². The summed E-state index contributed by atoms with van der Waals surface area (Å²) in [6.07, 6.45) is -7.85. The van der Waals surface area contributed by atoms with Crippen LogP contribution in [0.3, 0.4) is 0 Å². The number of aromatic nitrogens is 4. The Bertz CT molecular complexity index is 1260. The van der Waals surface area contributed by atoms with E-state index in [9.17, 15) is 31.1 Å². The average Bonchev–Trinajstić information content (AvgIpc) is 3.24. The number of pyridine rings is 1. The molecule has 0 saturated carbocycles. The first kappa shape index (κ1) is 22.9. The molecule has 0 bridgehead atoms. The van der Waals surface area contributed by atoms with Gasteiger partial charge in [-0.05, 0) is 13.0 Å². The Morgan fingerprint density at radius 3 is 2.48 bits per heavy atom. The van der Waals surface area contributed by atoms with Gasteiger partial charge >= 0.3 is 18.4 Å². The molecule has 8 nitrogen and oxygen atoms in total. The summed E-state index contributed by atoms with van der Waals surface area (Å²) in [6, 6.07) is 0.633. The highest BCUT2D eigenvalue weighted by molar-refractivity contribution is 6.29. The molecular weight excluding hydrogens is 482 g/mol. The molecule has 3 aromatic heterocycles. The third kappa shape index (κ3) is 3.67. The van der Waals surface area contributed by atoms with E-state index in [1.54, 1.807) is 0 Å². The van der Waals surface area contributed by atoms with E-state index in [-0.39, 0.29) is 27.9 Å². The zero-order chi connectivity index (χ0) is 24.3. The van der Waals surface area contributed by atoms with Crippen molar-refractivity contribution in [2.24, 2.45) is 0 Å². The van der Waals surface area contributed by atoms with Crippen LogP contribution < -0.4 is 15.0 Å². The maximum absolute atomic E-state index is 14.1. The number of carbonyl (C=O) groups excluding carboxylic acids is 1. The molecule has 1 atom stereocenters. The molecule has 1 N–H and O–H groups in total. The summed E-state index contributed by atoms with van der Waals surface area (Å²) in [4.78, 5) is 20.9. The number of urea groups is 1. The number of halogens is 7. The van der Waals surface area contributed by atoms with Crippen LogP contribution in [0.25, 0.3) is 5.65 Å². The molecule has 1 aliphatic rings. The smallest absolute Gasteiger partial charge is 0.433 e. The van der Waals surface area contributed by atoms with Gasteiger partial charge in [-0.15, -0.1) is 0 Å². The third-order valence-corrected chi connectivity index (χ3v) is 5.40. The summed E-state index contributed by atoms with van der Waals surface area (Å²) in [7, 11) is 1.13. The molecule has 2 amide bonds. The number of hydrogen-bond acceptors (Lipinski definition) is 5. The summed E-state index contributed by atoms with van der Waals surface area (Å²) in [6.45, 7) is -0.00160. The van der Waals surface area contributed by atoms with Crippen LogP contribution >= 0.6 is 11.6 Å². The van der Waals surface area contributed by atoms with Gasteiger partial charge in [0, 0.05) is 12.6 Å². The minimum atomic E-state index is -4.82. The van der Waals surface area contributed by atoms with E-state index in [4.69, 9.17) is 16.3 Å². The Labute approximate surface area is 186 Å². The van der Waals surface area contributed by atoms with Gasteiger partial charge in [0.05, 0.1) is 36.6 Å². The second-order valence-corrected chi connectivity index (χ2v) is 7.73. The second kappa shape index (κ2) is 7.37. The Balaban J connectivity index is 1.79. The monoisotopic (exact) mass is 494 g/mol. The van der Waals surface area contributed by atoms with E-state index in [0.29, 0.717) is 6.07 Å². The highest BCUT2D eigenvalue weighted by Crippen LogP contribution is 2.50. The largest absolute Gasteiger partial charge is 0.493 e. The van der Waals surface area contributed by atoms with Crippen molar-refractivity contribution < 1.29 is 35.9 Å². The lowest BCUT2D eigenvalue weighted by molar-refractivity contribution is -0.181. The first-order chi connectivity index (χ1) is 15.3. The number of carbonyl (C=O) groups is 1. The van der Waals surface area contributed by atoms with E-state index in [1.165, 1.54) is 6.07 Å². The van der Waals surface area contributed by atoms with E-state index >= 15 is 0 Å². The van der Waals surface area contributed by atoms with Gasteiger partial charge in [-0.1, -0.05) is 11.6 Å².